The predicted octanol–water partition coefficient (Wildman–Crippen LogP) is 1.03. The monoisotopic (exact) mass is 244 g/mol. The molecule has 0 saturated heterocycles. The number of aryl methyl sites for hydroxylation is 1. The van der Waals surface area contributed by atoms with E-state index >= 15 is 0 Å². The number of rotatable bonds is 2. The average molecular weight is 244 g/mol. The molecule has 0 spiro atoms. The number of aromatic nitrogens is 5. The van der Waals surface area contributed by atoms with Crippen molar-refractivity contribution in [1.82, 2.24) is 30.3 Å². The Morgan fingerprint density at radius 2 is 2.22 bits per heavy atom. The smallest absolute Gasteiger partial charge is 0.167 e. The van der Waals surface area contributed by atoms with Gasteiger partial charge in [0.2, 0.25) is 0 Å². The van der Waals surface area contributed by atoms with Gasteiger partial charge in [0, 0.05) is 18.8 Å². The third-order valence-electron chi connectivity index (χ3n) is 3.92. The number of nitrogens with zero attached hydrogens (tertiary/aromatic N) is 4. The Morgan fingerprint density at radius 1 is 1.33 bits per heavy atom. The van der Waals surface area contributed by atoms with E-state index in [1.165, 1.54) is 12.8 Å². The van der Waals surface area contributed by atoms with E-state index in [4.69, 9.17) is 0 Å². The first-order chi connectivity index (χ1) is 8.84. The van der Waals surface area contributed by atoms with E-state index in [1.807, 2.05) is 13.1 Å². The Labute approximate surface area is 105 Å². The van der Waals surface area contributed by atoms with Crippen LogP contribution >= 0.6 is 0 Å². The summed E-state index contributed by atoms with van der Waals surface area (Å²) in [6.07, 6.45) is 4.45. The van der Waals surface area contributed by atoms with Crippen molar-refractivity contribution >= 4 is 0 Å². The first-order valence-corrected chi connectivity index (χ1v) is 6.51. The number of nitrogens with one attached hydrogen (secondary N) is 2. The molecule has 2 aromatic heterocycles. The summed E-state index contributed by atoms with van der Waals surface area (Å²) in [7, 11) is 0. The second-order valence-electron chi connectivity index (χ2n) is 5.21. The molecule has 1 aliphatic heterocycles. The summed E-state index contributed by atoms with van der Waals surface area (Å²) in [6.45, 7) is 3.95. The van der Waals surface area contributed by atoms with E-state index in [0.29, 0.717) is 6.04 Å². The second kappa shape index (κ2) is 3.65. The lowest BCUT2D eigenvalue weighted by Gasteiger charge is -2.24. The molecule has 3 heterocycles. The SMILES string of the molecule is Cc1[nH]ncc1-c1nnc2n1CCNC2C1CC1. The van der Waals surface area contributed by atoms with Gasteiger partial charge in [0.05, 0.1) is 17.8 Å². The van der Waals surface area contributed by atoms with Gasteiger partial charge in [-0.15, -0.1) is 10.2 Å². The molecule has 6 heteroatoms. The first-order valence-electron chi connectivity index (χ1n) is 6.51. The van der Waals surface area contributed by atoms with Crippen molar-refractivity contribution in [2.45, 2.75) is 32.4 Å². The summed E-state index contributed by atoms with van der Waals surface area (Å²) in [5.41, 5.74) is 2.11. The molecule has 94 valence electrons. The maximum Gasteiger partial charge on any atom is 0.167 e. The van der Waals surface area contributed by atoms with Gasteiger partial charge < -0.3 is 9.88 Å². The minimum Gasteiger partial charge on any atom is -0.308 e. The molecule has 4 rings (SSSR count). The van der Waals surface area contributed by atoms with Crippen LogP contribution in [-0.4, -0.2) is 31.5 Å². The van der Waals surface area contributed by atoms with Crippen LogP contribution in [0.15, 0.2) is 6.20 Å². The van der Waals surface area contributed by atoms with E-state index in [-0.39, 0.29) is 0 Å². The zero-order valence-electron chi connectivity index (χ0n) is 10.3. The minimum atomic E-state index is 0.396. The number of aromatic amines is 1. The molecule has 1 unspecified atom stereocenters. The molecule has 1 fully saturated rings. The summed E-state index contributed by atoms with van der Waals surface area (Å²) in [6, 6.07) is 0.396. The van der Waals surface area contributed by atoms with Crippen molar-refractivity contribution < 1.29 is 0 Å². The highest BCUT2D eigenvalue weighted by Gasteiger charge is 2.37. The van der Waals surface area contributed by atoms with Crippen molar-refractivity contribution in [2.75, 3.05) is 6.54 Å². The fourth-order valence-corrected chi connectivity index (χ4v) is 2.77. The van der Waals surface area contributed by atoms with Crippen LogP contribution in [-0.2, 0) is 6.54 Å². The zero-order chi connectivity index (χ0) is 12.1. The van der Waals surface area contributed by atoms with E-state index in [9.17, 15) is 0 Å². The Bertz CT molecular complexity index is 579. The maximum absolute atomic E-state index is 4.41. The third-order valence-corrected chi connectivity index (χ3v) is 3.92. The fraction of sp³-hybridized carbons (Fsp3) is 0.583. The van der Waals surface area contributed by atoms with Crippen LogP contribution in [0.3, 0.4) is 0 Å². The zero-order valence-corrected chi connectivity index (χ0v) is 10.3. The molecule has 1 atom stereocenters. The predicted molar refractivity (Wildman–Crippen MR) is 65.8 cm³/mol. The lowest BCUT2D eigenvalue weighted by molar-refractivity contribution is 0.383. The van der Waals surface area contributed by atoms with Crippen molar-refractivity contribution in [1.29, 1.82) is 0 Å². The fourth-order valence-electron chi connectivity index (χ4n) is 2.77. The molecule has 2 aliphatic rings. The normalized spacial score (nSPS) is 23.1. The van der Waals surface area contributed by atoms with Gasteiger partial charge >= 0.3 is 0 Å². The second-order valence-corrected chi connectivity index (χ2v) is 5.21. The van der Waals surface area contributed by atoms with Gasteiger partial charge in [-0.1, -0.05) is 0 Å². The third kappa shape index (κ3) is 1.42. The Morgan fingerprint density at radius 3 is 2.94 bits per heavy atom. The molecule has 2 aromatic rings. The standard InChI is InChI=1S/C12H16N6/c1-7-9(6-14-15-7)11-16-17-12-10(8-2-3-8)13-4-5-18(11)12/h6,8,10,13H,2-5H2,1H3,(H,14,15). The summed E-state index contributed by atoms with van der Waals surface area (Å²) < 4.78 is 2.25. The van der Waals surface area contributed by atoms with Crippen LogP contribution in [0.1, 0.15) is 30.4 Å². The number of fused-ring (bicyclic) bond motifs is 1. The molecule has 0 bridgehead atoms. The van der Waals surface area contributed by atoms with Gasteiger partial charge in [-0.3, -0.25) is 5.10 Å². The van der Waals surface area contributed by atoms with Crippen LogP contribution in [0.25, 0.3) is 11.4 Å². The first kappa shape index (κ1) is 10.3. The Kier molecular flexibility index (Phi) is 2.08. The molecule has 6 nitrogen and oxygen atoms in total. The van der Waals surface area contributed by atoms with Gasteiger partial charge in [0.15, 0.2) is 11.6 Å². The van der Waals surface area contributed by atoms with Crippen molar-refractivity contribution in [2.24, 2.45) is 5.92 Å². The van der Waals surface area contributed by atoms with Gasteiger partial charge in [-0.25, -0.2) is 0 Å². The molecule has 1 saturated carbocycles. The van der Waals surface area contributed by atoms with Crippen molar-refractivity contribution in [3.63, 3.8) is 0 Å². The quantitative estimate of drug-likeness (QED) is 0.827. The molecule has 18 heavy (non-hydrogen) atoms. The van der Waals surface area contributed by atoms with E-state index in [2.05, 4.69) is 30.3 Å². The summed E-state index contributed by atoms with van der Waals surface area (Å²) in [5, 5.41) is 19.4. The molecular formula is C12H16N6. The molecule has 2 N–H and O–H groups in total. The topological polar surface area (TPSA) is 71.4 Å². The molecule has 1 aliphatic carbocycles. The number of H-pyrrole nitrogens is 1. The van der Waals surface area contributed by atoms with Crippen LogP contribution in [0.4, 0.5) is 0 Å². The highest BCUT2D eigenvalue weighted by molar-refractivity contribution is 5.57. The van der Waals surface area contributed by atoms with Gasteiger partial charge in [0.25, 0.3) is 0 Å². The van der Waals surface area contributed by atoms with Gasteiger partial charge in [0.1, 0.15) is 0 Å². The van der Waals surface area contributed by atoms with E-state index in [0.717, 1.165) is 41.9 Å². The lowest BCUT2D eigenvalue weighted by Crippen LogP contribution is -2.35. The summed E-state index contributed by atoms with van der Waals surface area (Å²) >= 11 is 0. The minimum absolute atomic E-state index is 0.396. The number of hydrogen-bond acceptors (Lipinski definition) is 4. The highest BCUT2D eigenvalue weighted by Crippen LogP contribution is 2.42. The largest absolute Gasteiger partial charge is 0.308 e. The Hall–Kier alpha value is -1.69. The molecule has 0 radical (unpaired) electrons. The van der Waals surface area contributed by atoms with Crippen LogP contribution < -0.4 is 5.32 Å². The lowest BCUT2D eigenvalue weighted by atomic mass is 10.1. The molecular weight excluding hydrogens is 228 g/mol. The summed E-state index contributed by atoms with van der Waals surface area (Å²) in [4.78, 5) is 0. The van der Waals surface area contributed by atoms with Crippen molar-refractivity contribution in [3.05, 3.63) is 17.7 Å². The summed E-state index contributed by atoms with van der Waals surface area (Å²) in [5.74, 6) is 2.80. The van der Waals surface area contributed by atoms with Crippen LogP contribution in [0, 0.1) is 12.8 Å². The van der Waals surface area contributed by atoms with Gasteiger partial charge in [-0.05, 0) is 25.7 Å². The van der Waals surface area contributed by atoms with Crippen molar-refractivity contribution in [3.8, 4) is 11.4 Å². The van der Waals surface area contributed by atoms with Gasteiger partial charge in [-0.2, -0.15) is 5.10 Å². The number of hydrogen-bond donors (Lipinski definition) is 2. The van der Waals surface area contributed by atoms with Crippen LogP contribution in [0.2, 0.25) is 0 Å². The van der Waals surface area contributed by atoms with Crippen LogP contribution in [0.5, 0.6) is 0 Å². The average Bonchev–Trinajstić information content (AvgIpc) is 3.01. The Balaban J connectivity index is 1.80. The molecule has 0 amide bonds. The highest BCUT2D eigenvalue weighted by atomic mass is 15.3. The molecule has 0 aromatic carbocycles. The van der Waals surface area contributed by atoms with E-state index < -0.39 is 0 Å². The van der Waals surface area contributed by atoms with E-state index in [1.54, 1.807) is 0 Å². The maximum atomic E-state index is 4.41.